The Labute approximate surface area is 146 Å². The van der Waals surface area contributed by atoms with E-state index in [0.717, 1.165) is 0 Å². The Kier molecular flexibility index (Phi) is 6.09. The van der Waals surface area contributed by atoms with Crippen LogP contribution in [0.4, 0.5) is 22.0 Å². The molecule has 1 aliphatic rings. The van der Waals surface area contributed by atoms with E-state index in [0.29, 0.717) is 18.7 Å². The standard InChI is InChI=1S/C15H21F5O4S/c1-12(2,3)24-10(21)9(25-6-5-15(18,19)20)14(11(22)23)7-8(14)13(4,16)17/h8-9H,5-7H2,1-4H3,(H,22,23)/t8-,9?,14?/m0/s1. The lowest BCUT2D eigenvalue weighted by Gasteiger charge is -2.28. The maximum absolute atomic E-state index is 13.6. The molecule has 25 heavy (non-hydrogen) atoms. The van der Waals surface area contributed by atoms with Crippen LogP contribution >= 0.6 is 11.8 Å². The van der Waals surface area contributed by atoms with E-state index in [2.05, 4.69) is 0 Å². The second kappa shape index (κ2) is 6.92. The number of thioether (sulfide) groups is 1. The summed E-state index contributed by atoms with van der Waals surface area (Å²) in [6, 6.07) is 0. The Morgan fingerprint density at radius 3 is 2.04 bits per heavy atom. The molecule has 0 spiro atoms. The molecule has 0 saturated heterocycles. The lowest BCUT2D eigenvalue weighted by molar-refractivity contribution is -0.161. The van der Waals surface area contributed by atoms with E-state index in [-0.39, 0.29) is 0 Å². The first-order valence-corrected chi connectivity index (χ1v) is 8.58. The average Bonchev–Trinajstić information content (AvgIpc) is 3.07. The van der Waals surface area contributed by atoms with Crippen molar-refractivity contribution >= 4 is 23.7 Å². The van der Waals surface area contributed by atoms with Gasteiger partial charge < -0.3 is 9.84 Å². The van der Waals surface area contributed by atoms with Gasteiger partial charge in [0, 0.05) is 11.7 Å². The summed E-state index contributed by atoms with van der Waals surface area (Å²) in [5.41, 5.74) is -3.16. The van der Waals surface area contributed by atoms with Crippen LogP contribution in [0.2, 0.25) is 0 Å². The molecule has 1 saturated carbocycles. The van der Waals surface area contributed by atoms with Gasteiger partial charge in [0.15, 0.2) is 0 Å². The molecular weight excluding hydrogens is 371 g/mol. The van der Waals surface area contributed by atoms with Crippen LogP contribution in [0.25, 0.3) is 0 Å². The van der Waals surface area contributed by atoms with Gasteiger partial charge in [0.05, 0.1) is 11.8 Å². The van der Waals surface area contributed by atoms with Crippen molar-refractivity contribution in [2.75, 3.05) is 5.75 Å². The highest BCUT2D eigenvalue weighted by atomic mass is 32.2. The Balaban J connectivity index is 3.08. The summed E-state index contributed by atoms with van der Waals surface area (Å²) in [4.78, 5) is 24.0. The third-order valence-electron chi connectivity index (χ3n) is 3.77. The van der Waals surface area contributed by atoms with Gasteiger partial charge in [0.1, 0.15) is 10.9 Å². The maximum atomic E-state index is 13.6. The zero-order valence-electron chi connectivity index (χ0n) is 14.2. The summed E-state index contributed by atoms with van der Waals surface area (Å²) in [6.07, 6.45) is -6.26. The van der Waals surface area contributed by atoms with Gasteiger partial charge in [0.25, 0.3) is 0 Å². The number of carboxylic acids is 1. The molecule has 0 aromatic rings. The van der Waals surface area contributed by atoms with Crippen molar-refractivity contribution in [2.45, 2.75) is 63.5 Å². The zero-order valence-corrected chi connectivity index (χ0v) is 15.1. The molecular formula is C15H21F5O4S. The molecule has 0 amide bonds. The smallest absolute Gasteiger partial charge is 0.389 e. The second-order valence-electron chi connectivity index (χ2n) is 7.21. The fourth-order valence-electron chi connectivity index (χ4n) is 2.62. The van der Waals surface area contributed by atoms with Gasteiger partial charge in [-0.1, -0.05) is 0 Å². The highest BCUT2D eigenvalue weighted by Gasteiger charge is 2.74. The number of carbonyl (C=O) groups is 2. The van der Waals surface area contributed by atoms with Crippen molar-refractivity contribution in [3.05, 3.63) is 0 Å². The van der Waals surface area contributed by atoms with Crippen LogP contribution in [-0.4, -0.2) is 45.7 Å². The van der Waals surface area contributed by atoms with E-state index in [1.54, 1.807) is 0 Å². The first-order valence-electron chi connectivity index (χ1n) is 7.53. The highest BCUT2D eigenvalue weighted by Crippen LogP contribution is 2.64. The summed E-state index contributed by atoms with van der Waals surface area (Å²) in [6.45, 7) is 5.02. The first kappa shape index (κ1) is 22.0. The molecule has 1 fully saturated rings. The maximum Gasteiger partial charge on any atom is 0.389 e. The third kappa shape index (κ3) is 5.72. The largest absolute Gasteiger partial charge is 0.481 e. The molecule has 0 aromatic heterocycles. The number of esters is 1. The number of halogens is 5. The monoisotopic (exact) mass is 392 g/mol. The highest BCUT2D eigenvalue weighted by molar-refractivity contribution is 8.00. The van der Waals surface area contributed by atoms with Crippen molar-refractivity contribution in [3.8, 4) is 0 Å². The second-order valence-corrected chi connectivity index (χ2v) is 8.42. The van der Waals surface area contributed by atoms with Crippen LogP contribution in [0, 0.1) is 11.3 Å². The number of rotatable bonds is 7. The first-order chi connectivity index (χ1) is 11.0. The number of ether oxygens (including phenoxy) is 1. The van der Waals surface area contributed by atoms with E-state index in [4.69, 9.17) is 4.74 Å². The number of hydrogen-bond donors (Lipinski definition) is 1. The number of alkyl halides is 5. The van der Waals surface area contributed by atoms with E-state index in [1.165, 1.54) is 20.8 Å². The molecule has 0 radical (unpaired) electrons. The molecule has 1 rings (SSSR count). The number of carboxylic acid groups (broad SMARTS) is 1. The van der Waals surface area contributed by atoms with Crippen LogP contribution in [0.3, 0.4) is 0 Å². The van der Waals surface area contributed by atoms with Crippen LogP contribution < -0.4 is 0 Å². The number of hydrogen-bond acceptors (Lipinski definition) is 4. The molecule has 4 nitrogen and oxygen atoms in total. The summed E-state index contributed by atoms with van der Waals surface area (Å²) < 4.78 is 69.4. The van der Waals surface area contributed by atoms with Crippen LogP contribution in [-0.2, 0) is 14.3 Å². The Bertz CT molecular complexity index is 523. The minimum absolute atomic E-state index is 0.406. The fraction of sp³-hybridized carbons (Fsp3) is 0.867. The molecule has 146 valence electrons. The quantitative estimate of drug-likeness (QED) is 0.521. The van der Waals surface area contributed by atoms with E-state index in [9.17, 15) is 36.6 Å². The topological polar surface area (TPSA) is 63.6 Å². The number of carbonyl (C=O) groups excluding carboxylic acids is 1. The normalized spacial score (nSPS) is 25.4. The predicted molar refractivity (Wildman–Crippen MR) is 81.6 cm³/mol. The van der Waals surface area contributed by atoms with Crippen LogP contribution in [0.1, 0.15) is 40.5 Å². The average molecular weight is 392 g/mol. The zero-order chi connectivity index (χ0) is 19.8. The molecule has 0 aromatic carbocycles. The predicted octanol–water partition coefficient (Wildman–Crippen LogP) is 4.13. The molecule has 10 heteroatoms. The summed E-state index contributed by atoms with van der Waals surface area (Å²) in [5.74, 6) is -8.34. The summed E-state index contributed by atoms with van der Waals surface area (Å²) in [5, 5.41) is 7.80. The molecule has 1 N–H and O–H groups in total. The minimum atomic E-state index is -4.50. The van der Waals surface area contributed by atoms with Gasteiger partial charge in [-0.05, 0) is 34.1 Å². The van der Waals surface area contributed by atoms with Gasteiger partial charge in [-0.15, -0.1) is 11.8 Å². The molecule has 3 atom stereocenters. The van der Waals surface area contributed by atoms with Gasteiger partial charge in [-0.3, -0.25) is 9.59 Å². The lowest BCUT2D eigenvalue weighted by Crippen LogP contribution is -2.42. The van der Waals surface area contributed by atoms with E-state index < -0.39 is 64.8 Å². The SMILES string of the molecule is CC(C)(C)OC(=O)C(SCCC(F)(F)F)C1(C(=O)O)C[C@H]1C(C)(F)F. The summed E-state index contributed by atoms with van der Waals surface area (Å²) in [7, 11) is 0. The van der Waals surface area contributed by atoms with Crippen molar-refractivity contribution in [1.82, 2.24) is 0 Å². The molecule has 1 aliphatic carbocycles. The van der Waals surface area contributed by atoms with E-state index >= 15 is 0 Å². The van der Waals surface area contributed by atoms with Crippen molar-refractivity contribution in [1.29, 1.82) is 0 Å². The van der Waals surface area contributed by atoms with Crippen molar-refractivity contribution in [2.24, 2.45) is 11.3 Å². The van der Waals surface area contributed by atoms with Crippen molar-refractivity contribution in [3.63, 3.8) is 0 Å². The van der Waals surface area contributed by atoms with Gasteiger partial charge in [-0.2, -0.15) is 13.2 Å². The van der Waals surface area contributed by atoms with Crippen LogP contribution in [0.5, 0.6) is 0 Å². The van der Waals surface area contributed by atoms with Gasteiger partial charge in [0.2, 0.25) is 5.92 Å². The third-order valence-corrected chi connectivity index (χ3v) is 5.16. The van der Waals surface area contributed by atoms with Gasteiger partial charge >= 0.3 is 18.1 Å². The Hall–Kier alpha value is -1.06. The number of aliphatic carboxylic acids is 1. The summed E-state index contributed by atoms with van der Waals surface area (Å²) >= 11 is 0.406. The Morgan fingerprint density at radius 1 is 1.20 bits per heavy atom. The van der Waals surface area contributed by atoms with Gasteiger partial charge in [-0.25, -0.2) is 8.78 Å². The minimum Gasteiger partial charge on any atom is -0.481 e. The van der Waals surface area contributed by atoms with Crippen molar-refractivity contribution < 1.29 is 41.4 Å². The molecule has 0 aliphatic heterocycles. The van der Waals surface area contributed by atoms with E-state index in [1.807, 2.05) is 0 Å². The fourth-order valence-corrected chi connectivity index (χ4v) is 4.05. The molecule has 2 unspecified atom stereocenters. The Morgan fingerprint density at radius 2 is 1.72 bits per heavy atom. The van der Waals surface area contributed by atoms with Crippen LogP contribution in [0.15, 0.2) is 0 Å². The lowest BCUT2D eigenvalue weighted by atomic mass is 9.96. The molecule has 0 heterocycles. The molecule has 0 bridgehead atoms.